The molecule has 1 aromatic heterocycles. The van der Waals surface area contributed by atoms with Crippen LogP contribution >= 0.6 is 11.3 Å². The van der Waals surface area contributed by atoms with E-state index in [4.69, 9.17) is 4.98 Å². The highest BCUT2D eigenvalue weighted by atomic mass is 32.1. The van der Waals surface area contributed by atoms with Crippen LogP contribution in [-0.2, 0) is 0 Å². The van der Waals surface area contributed by atoms with Crippen LogP contribution in [-0.4, -0.2) is 18.1 Å². The molecule has 1 aromatic rings. The van der Waals surface area contributed by atoms with E-state index in [1.807, 2.05) is 11.3 Å². The van der Waals surface area contributed by atoms with E-state index in [0.29, 0.717) is 0 Å². The number of hydrogen-bond donors (Lipinski definition) is 1. The molecule has 1 saturated carbocycles. The number of nitrogens with zero attached hydrogens (tertiary/aromatic N) is 1. The monoisotopic (exact) mass is 236 g/mol. The molecule has 3 heteroatoms. The van der Waals surface area contributed by atoms with E-state index in [-0.39, 0.29) is 0 Å². The van der Waals surface area contributed by atoms with E-state index >= 15 is 0 Å². The van der Waals surface area contributed by atoms with Crippen LogP contribution in [0.1, 0.15) is 59.5 Å². The van der Waals surface area contributed by atoms with E-state index in [2.05, 4.69) is 12.2 Å². The summed E-state index contributed by atoms with van der Waals surface area (Å²) in [5.74, 6) is 1.54. The largest absolute Gasteiger partial charge is 0.316 e. The predicted molar refractivity (Wildman–Crippen MR) is 68.3 cm³/mol. The molecule has 2 fully saturated rings. The van der Waals surface area contributed by atoms with Crippen molar-refractivity contribution in [3.05, 3.63) is 15.6 Å². The summed E-state index contributed by atoms with van der Waals surface area (Å²) in [6.07, 6.45) is 6.81. The number of thiazole rings is 1. The fourth-order valence-electron chi connectivity index (χ4n) is 2.71. The van der Waals surface area contributed by atoms with E-state index in [9.17, 15) is 0 Å². The van der Waals surface area contributed by atoms with Crippen molar-refractivity contribution in [2.75, 3.05) is 13.1 Å². The Bertz CT molecular complexity index is 362. The third-order valence-corrected chi connectivity index (χ3v) is 5.45. The van der Waals surface area contributed by atoms with E-state index in [0.717, 1.165) is 18.4 Å². The third kappa shape index (κ3) is 1.91. The molecule has 0 aromatic carbocycles. The Morgan fingerprint density at radius 2 is 2.00 bits per heavy atom. The topological polar surface area (TPSA) is 24.9 Å². The number of aryl methyl sites for hydroxylation is 1. The lowest BCUT2D eigenvalue weighted by molar-refractivity contribution is 0.418. The molecule has 3 rings (SSSR count). The second-order valence-electron chi connectivity index (χ2n) is 5.17. The standard InChI is InChI=1S/C13H20N2S/c1-9-12(11-6-3-7-14-8-11)16-13(15-9)10-4-2-5-10/h10-11,14H,2-8H2,1H3. The van der Waals surface area contributed by atoms with Gasteiger partial charge in [0, 0.05) is 23.3 Å². The minimum atomic E-state index is 0.736. The molecule has 88 valence electrons. The Balaban J connectivity index is 1.79. The van der Waals surface area contributed by atoms with E-state index in [1.165, 1.54) is 49.4 Å². The van der Waals surface area contributed by atoms with E-state index in [1.54, 1.807) is 4.88 Å². The van der Waals surface area contributed by atoms with Crippen LogP contribution in [0.2, 0.25) is 0 Å². The zero-order valence-corrected chi connectivity index (χ0v) is 10.8. The zero-order chi connectivity index (χ0) is 11.0. The van der Waals surface area contributed by atoms with Crippen LogP contribution in [0.3, 0.4) is 0 Å². The average molecular weight is 236 g/mol. The van der Waals surface area contributed by atoms with Crippen molar-refractivity contribution in [3.8, 4) is 0 Å². The molecule has 0 radical (unpaired) electrons. The van der Waals surface area contributed by atoms with E-state index < -0.39 is 0 Å². The SMILES string of the molecule is Cc1nc(C2CCC2)sc1C1CCCNC1. The second kappa shape index (κ2) is 4.46. The summed E-state index contributed by atoms with van der Waals surface area (Å²) in [4.78, 5) is 6.36. The van der Waals surface area contributed by atoms with Gasteiger partial charge in [-0.05, 0) is 39.2 Å². The van der Waals surface area contributed by atoms with Gasteiger partial charge in [-0.25, -0.2) is 4.98 Å². The van der Waals surface area contributed by atoms with Crippen molar-refractivity contribution >= 4 is 11.3 Å². The molecule has 0 bridgehead atoms. The quantitative estimate of drug-likeness (QED) is 0.853. The Morgan fingerprint density at radius 1 is 1.19 bits per heavy atom. The third-order valence-electron chi connectivity index (χ3n) is 3.97. The number of rotatable bonds is 2. The van der Waals surface area contributed by atoms with Crippen LogP contribution < -0.4 is 5.32 Å². The van der Waals surface area contributed by atoms with Gasteiger partial charge in [0.1, 0.15) is 0 Å². The van der Waals surface area contributed by atoms with Gasteiger partial charge in [0.05, 0.1) is 10.7 Å². The summed E-state index contributed by atoms with van der Waals surface area (Å²) >= 11 is 2.00. The first kappa shape index (κ1) is 10.7. The molecule has 2 nitrogen and oxygen atoms in total. The first-order valence-corrected chi connectivity index (χ1v) is 7.34. The van der Waals surface area contributed by atoms with Crippen LogP contribution in [0.4, 0.5) is 0 Å². The van der Waals surface area contributed by atoms with Crippen LogP contribution in [0, 0.1) is 6.92 Å². The molecule has 1 aliphatic carbocycles. The van der Waals surface area contributed by atoms with Crippen LogP contribution in [0.15, 0.2) is 0 Å². The first-order valence-electron chi connectivity index (χ1n) is 6.52. The molecule has 16 heavy (non-hydrogen) atoms. The van der Waals surface area contributed by atoms with Gasteiger partial charge < -0.3 is 5.32 Å². The van der Waals surface area contributed by atoms with Crippen LogP contribution in [0.25, 0.3) is 0 Å². The maximum absolute atomic E-state index is 4.80. The van der Waals surface area contributed by atoms with Crippen molar-refractivity contribution in [2.24, 2.45) is 0 Å². The molecular formula is C13H20N2S. The molecular weight excluding hydrogens is 216 g/mol. The van der Waals surface area contributed by atoms with Crippen molar-refractivity contribution < 1.29 is 0 Å². The van der Waals surface area contributed by atoms with Gasteiger partial charge >= 0.3 is 0 Å². The summed E-state index contributed by atoms with van der Waals surface area (Å²) < 4.78 is 0. The second-order valence-corrected chi connectivity index (χ2v) is 6.24. The minimum absolute atomic E-state index is 0.736. The summed E-state index contributed by atoms with van der Waals surface area (Å²) in [6, 6.07) is 0. The molecule has 1 N–H and O–H groups in total. The van der Waals surface area contributed by atoms with Gasteiger partial charge in [-0.2, -0.15) is 0 Å². The maximum atomic E-state index is 4.80. The van der Waals surface area contributed by atoms with Crippen LogP contribution in [0.5, 0.6) is 0 Å². The normalized spacial score (nSPS) is 26.7. The van der Waals surface area contributed by atoms with Gasteiger partial charge in [-0.1, -0.05) is 6.42 Å². The summed E-state index contributed by atoms with van der Waals surface area (Å²) in [5.41, 5.74) is 1.31. The van der Waals surface area contributed by atoms with Gasteiger partial charge in [-0.15, -0.1) is 11.3 Å². The van der Waals surface area contributed by atoms with Crippen molar-refractivity contribution in [1.29, 1.82) is 0 Å². The Morgan fingerprint density at radius 3 is 2.62 bits per heavy atom. The Kier molecular flexibility index (Phi) is 2.99. The lowest BCUT2D eigenvalue weighted by Crippen LogP contribution is -2.28. The smallest absolute Gasteiger partial charge is 0.0961 e. The van der Waals surface area contributed by atoms with Crippen molar-refractivity contribution in [1.82, 2.24) is 10.3 Å². The predicted octanol–water partition coefficient (Wildman–Crippen LogP) is 3.19. The number of nitrogens with one attached hydrogen (secondary N) is 1. The highest BCUT2D eigenvalue weighted by molar-refractivity contribution is 7.12. The van der Waals surface area contributed by atoms with Gasteiger partial charge in [0.2, 0.25) is 0 Å². The molecule has 1 saturated heterocycles. The Labute approximate surface area is 101 Å². The number of piperidine rings is 1. The number of hydrogen-bond acceptors (Lipinski definition) is 3. The molecule has 1 aliphatic heterocycles. The van der Waals surface area contributed by atoms with Crippen molar-refractivity contribution in [3.63, 3.8) is 0 Å². The molecule has 1 atom stereocenters. The molecule has 0 amide bonds. The molecule has 2 aliphatic rings. The highest BCUT2D eigenvalue weighted by Gasteiger charge is 2.26. The average Bonchev–Trinajstić information content (AvgIpc) is 2.59. The molecule has 0 spiro atoms. The summed E-state index contributed by atoms with van der Waals surface area (Å²) in [6.45, 7) is 4.56. The maximum Gasteiger partial charge on any atom is 0.0961 e. The summed E-state index contributed by atoms with van der Waals surface area (Å²) in [5, 5.41) is 4.93. The highest BCUT2D eigenvalue weighted by Crippen LogP contribution is 2.41. The van der Waals surface area contributed by atoms with Gasteiger partial charge in [0.25, 0.3) is 0 Å². The van der Waals surface area contributed by atoms with Gasteiger partial charge in [-0.3, -0.25) is 0 Å². The summed E-state index contributed by atoms with van der Waals surface area (Å²) in [7, 11) is 0. The molecule has 1 unspecified atom stereocenters. The lowest BCUT2D eigenvalue weighted by Gasteiger charge is -2.23. The number of aromatic nitrogens is 1. The molecule has 2 heterocycles. The zero-order valence-electron chi connectivity index (χ0n) is 9.96. The minimum Gasteiger partial charge on any atom is -0.316 e. The van der Waals surface area contributed by atoms with Crippen molar-refractivity contribution in [2.45, 2.75) is 50.9 Å². The van der Waals surface area contributed by atoms with Gasteiger partial charge in [0.15, 0.2) is 0 Å². The Hall–Kier alpha value is -0.410. The lowest BCUT2D eigenvalue weighted by atomic mass is 9.86. The fraction of sp³-hybridized carbons (Fsp3) is 0.769. The fourth-order valence-corrected chi connectivity index (χ4v) is 4.09. The first-order chi connectivity index (χ1) is 7.84.